The van der Waals surface area contributed by atoms with E-state index in [-0.39, 0.29) is 32.0 Å². The average Bonchev–Trinajstić information content (AvgIpc) is 3.56. The first kappa shape index (κ1) is 84.8. The lowest BCUT2D eigenvalue weighted by molar-refractivity contribution is -0.870. The van der Waals surface area contributed by atoms with Gasteiger partial charge in [-0.05, 0) is 141 Å². The first-order valence-corrected chi connectivity index (χ1v) is 36.7. The maximum atomic E-state index is 12.9. The Morgan fingerprint density at radius 1 is 0.344 bits per heavy atom. The summed E-state index contributed by atoms with van der Waals surface area (Å²) < 4.78 is 34.7. The number of nitrogens with zero attached hydrogens (tertiary/aromatic N) is 1. The van der Waals surface area contributed by atoms with Crippen LogP contribution < -0.4 is 0 Å². The van der Waals surface area contributed by atoms with Gasteiger partial charge in [0.2, 0.25) is 0 Å². The SMILES string of the molecule is CC/C=C\C/C=C\C/C=C\C/C=C\C/C=C\C/C=C\C/C=C\C/C=C\CCCCCCCCCCC(=O)OCC(COP(=O)(O)OCC[N+](C)(C)C)OC(=O)CCCCCCCCCC/C=C\C/C=C\C/C=C\C/C=C\C/C=C\C/C=C\C/C=C\C/C=C\CC. The van der Waals surface area contributed by atoms with Gasteiger partial charge in [-0.15, -0.1) is 0 Å². The molecule has 90 heavy (non-hydrogen) atoms. The molecule has 0 bridgehead atoms. The topological polar surface area (TPSA) is 108 Å². The second-order valence-electron chi connectivity index (χ2n) is 23.8. The Morgan fingerprint density at radius 3 is 0.889 bits per heavy atom. The van der Waals surface area contributed by atoms with Crippen LogP contribution >= 0.6 is 7.82 Å². The summed E-state index contributed by atoms with van der Waals surface area (Å²) in [6.07, 6.45) is 107. The van der Waals surface area contributed by atoms with Gasteiger partial charge < -0.3 is 18.9 Å². The molecule has 0 aliphatic heterocycles. The predicted octanol–water partition coefficient (Wildman–Crippen LogP) is 23.3. The Hall–Kier alpha value is -5.15. The molecule has 506 valence electrons. The Bertz CT molecular complexity index is 2220. The van der Waals surface area contributed by atoms with Crippen molar-refractivity contribution in [2.75, 3.05) is 47.5 Å². The van der Waals surface area contributed by atoms with E-state index >= 15 is 0 Å². The molecule has 0 aliphatic carbocycles. The number of phosphoric ester groups is 1. The molecule has 0 amide bonds. The lowest BCUT2D eigenvalue weighted by atomic mass is 10.1. The minimum atomic E-state index is -4.41. The first-order valence-electron chi connectivity index (χ1n) is 35.2. The standard InChI is InChI=1S/C80H128NO8P/c1-6-8-10-12-14-16-18-20-22-24-26-28-30-32-34-36-38-40-42-44-46-48-50-52-54-56-58-60-62-64-66-68-70-72-79(82)86-76-78(77-88-90(84,85)87-75-74-81(3,4)5)89-80(83)73-71-69-67-65-63-61-59-57-55-53-51-49-47-45-43-41-39-37-35-33-31-29-27-25-23-21-19-17-15-13-11-9-7-2/h8-11,14-17,20-23,26-29,32-35,38-41,44-47,50-53,78H,6-7,12-13,18-19,24-25,30-31,36-37,42-43,48-49,54-77H2,1-5H3/p+1/b10-8-,11-9-,16-14-,17-15-,22-20-,23-21-,28-26-,29-27-,34-32-,35-33-,40-38-,41-39-,46-44-,47-45-,52-50-,53-51-. The number of carbonyl (C=O) groups excluding carboxylic acids is 2. The normalized spacial score (nSPS) is 14.3. The molecule has 9 nitrogen and oxygen atoms in total. The Morgan fingerprint density at radius 2 is 0.600 bits per heavy atom. The zero-order valence-corrected chi connectivity index (χ0v) is 58.4. The zero-order chi connectivity index (χ0) is 65.5. The van der Waals surface area contributed by atoms with E-state index in [9.17, 15) is 19.0 Å². The summed E-state index contributed by atoms with van der Waals surface area (Å²) in [6.45, 7) is 4.16. The molecule has 0 saturated carbocycles. The summed E-state index contributed by atoms with van der Waals surface area (Å²) >= 11 is 0. The van der Waals surface area contributed by atoms with Crippen molar-refractivity contribution in [2.24, 2.45) is 0 Å². The van der Waals surface area contributed by atoms with Gasteiger partial charge in [0, 0.05) is 12.8 Å². The third-order valence-corrected chi connectivity index (χ3v) is 15.1. The number of ether oxygens (including phenoxy) is 2. The van der Waals surface area contributed by atoms with E-state index < -0.39 is 26.5 Å². The maximum absolute atomic E-state index is 12.9. The van der Waals surface area contributed by atoms with Gasteiger partial charge >= 0.3 is 19.8 Å². The van der Waals surface area contributed by atoms with E-state index in [2.05, 4.69) is 208 Å². The van der Waals surface area contributed by atoms with Crippen LogP contribution in [-0.4, -0.2) is 74.9 Å². The summed E-state index contributed by atoms with van der Waals surface area (Å²) in [5.41, 5.74) is 0. The van der Waals surface area contributed by atoms with Crippen molar-refractivity contribution in [3.05, 3.63) is 194 Å². The molecule has 0 fully saturated rings. The molecule has 0 spiro atoms. The van der Waals surface area contributed by atoms with Crippen LogP contribution in [0.2, 0.25) is 0 Å². The highest BCUT2D eigenvalue weighted by molar-refractivity contribution is 7.47. The molecular weight excluding hydrogens is 1130 g/mol. The average molecular weight is 1260 g/mol. The molecule has 0 aliphatic rings. The van der Waals surface area contributed by atoms with Crippen molar-refractivity contribution in [1.82, 2.24) is 0 Å². The monoisotopic (exact) mass is 1260 g/mol. The number of unbranched alkanes of at least 4 members (excludes halogenated alkanes) is 16. The highest BCUT2D eigenvalue weighted by atomic mass is 31.2. The van der Waals surface area contributed by atoms with Crippen molar-refractivity contribution in [2.45, 2.75) is 251 Å². The third-order valence-electron chi connectivity index (χ3n) is 14.1. The quantitative estimate of drug-likeness (QED) is 0.0211. The molecule has 0 aromatic carbocycles. The minimum Gasteiger partial charge on any atom is -0.462 e. The molecule has 2 unspecified atom stereocenters. The Balaban J connectivity index is 4.18. The lowest BCUT2D eigenvalue weighted by Gasteiger charge is -2.24. The van der Waals surface area contributed by atoms with Gasteiger partial charge in [-0.1, -0.05) is 285 Å². The van der Waals surface area contributed by atoms with E-state index in [0.717, 1.165) is 161 Å². The van der Waals surface area contributed by atoms with Crippen LogP contribution in [0.15, 0.2) is 194 Å². The van der Waals surface area contributed by atoms with Crippen LogP contribution in [0.4, 0.5) is 0 Å². The summed E-state index contributed by atoms with van der Waals surface area (Å²) in [6, 6.07) is 0. The van der Waals surface area contributed by atoms with E-state index in [4.69, 9.17) is 18.5 Å². The Labute approximate surface area is 552 Å². The second-order valence-corrected chi connectivity index (χ2v) is 25.3. The maximum Gasteiger partial charge on any atom is 0.472 e. The number of likely N-dealkylation sites (N-methyl/N-ethyl adjacent to an activating group) is 1. The molecule has 0 heterocycles. The van der Waals surface area contributed by atoms with Gasteiger partial charge in [-0.2, -0.15) is 0 Å². The largest absolute Gasteiger partial charge is 0.472 e. The van der Waals surface area contributed by atoms with Crippen molar-refractivity contribution in [3.63, 3.8) is 0 Å². The van der Waals surface area contributed by atoms with Crippen molar-refractivity contribution >= 4 is 19.8 Å². The fourth-order valence-electron chi connectivity index (χ4n) is 8.81. The highest BCUT2D eigenvalue weighted by Crippen LogP contribution is 2.43. The van der Waals surface area contributed by atoms with Crippen molar-refractivity contribution in [3.8, 4) is 0 Å². The number of quaternary nitrogens is 1. The van der Waals surface area contributed by atoms with Crippen LogP contribution in [0, 0.1) is 0 Å². The minimum absolute atomic E-state index is 0.0176. The van der Waals surface area contributed by atoms with Gasteiger partial charge in [0.1, 0.15) is 19.8 Å². The molecule has 0 saturated heterocycles. The molecule has 1 N–H and O–H groups in total. The van der Waals surface area contributed by atoms with Crippen LogP contribution in [0.3, 0.4) is 0 Å². The van der Waals surface area contributed by atoms with Crippen molar-refractivity contribution in [1.29, 1.82) is 0 Å². The van der Waals surface area contributed by atoms with E-state index in [1.54, 1.807) is 0 Å². The number of allylic oxidation sites excluding steroid dienone is 32. The summed E-state index contributed by atoms with van der Waals surface area (Å²) in [5.74, 6) is -0.830. The molecule has 0 aromatic rings. The summed E-state index contributed by atoms with van der Waals surface area (Å²) in [7, 11) is 1.44. The number of rotatable bonds is 62. The van der Waals surface area contributed by atoms with Crippen molar-refractivity contribution < 1.29 is 42.1 Å². The molecule has 0 aromatic heterocycles. The Kier molecular flexibility index (Phi) is 64.3. The second kappa shape index (κ2) is 68.2. The van der Waals surface area contributed by atoms with Crippen LogP contribution in [0.5, 0.6) is 0 Å². The third kappa shape index (κ3) is 71.9. The van der Waals surface area contributed by atoms with Crippen LogP contribution in [-0.2, 0) is 32.7 Å². The van der Waals surface area contributed by atoms with Crippen LogP contribution in [0.1, 0.15) is 245 Å². The number of phosphoric acid groups is 1. The van der Waals surface area contributed by atoms with Gasteiger partial charge in [0.15, 0.2) is 6.10 Å². The fourth-order valence-corrected chi connectivity index (χ4v) is 9.55. The summed E-state index contributed by atoms with van der Waals surface area (Å²) in [4.78, 5) is 35.9. The van der Waals surface area contributed by atoms with Gasteiger partial charge in [0.25, 0.3) is 0 Å². The zero-order valence-electron chi connectivity index (χ0n) is 57.5. The van der Waals surface area contributed by atoms with Gasteiger partial charge in [-0.3, -0.25) is 18.6 Å². The number of hydrogen-bond acceptors (Lipinski definition) is 7. The van der Waals surface area contributed by atoms with E-state index in [1.807, 2.05) is 21.1 Å². The highest BCUT2D eigenvalue weighted by Gasteiger charge is 2.27. The van der Waals surface area contributed by atoms with E-state index in [1.165, 1.54) is 51.4 Å². The first-order chi connectivity index (χ1) is 44.0. The molecular formula is C80H129NO8P+. The molecule has 2 atom stereocenters. The smallest absolute Gasteiger partial charge is 0.462 e. The number of hydrogen-bond donors (Lipinski definition) is 1. The summed E-state index contributed by atoms with van der Waals surface area (Å²) in [5, 5.41) is 0. The van der Waals surface area contributed by atoms with Gasteiger partial charge in [-0.25, -0.2) is 4.57 Å². The van der Waals surface area contributed by atoms with E-state index in [0.29, 0.717) is 17.4 Å². The molecule has 10 heteroatoms. The van der Waals surface area contributed by atoms with Crippen LogP contribution in [0.25, 0.3) is 0 Å². The number of carbonyl (C=O) groups is 2. The lowest BCUT2D eigenvalue weighted by Crippen LogP contribution is -2.37. The number of esters is 2. The fraction of sp³-hybridized carbons (Fsp3) is 0.575. The van der Waals surface area contributed by atoms with Gasteiger partial charge in [0.05, 0.1) is 27.7 Å². The molecule has 0 rings (SSSR count). The predicted molar refractivity (Wildman–Crippen MR) is 389 cm³/mol. The molecule has 0 radical (unpaired) electrons.